The molecule has 7 atom stereocenters. The number of nitrogens with two attached hydrogens (primary N) is 1. The maximum absolute atomic E-state index is 13.2. The predicted molar refractivity (Wildman–Crippen MR) is 143 cm³/mol. The minimum Gasteiger partial charge on any atom is -0.477 e. The van der Waals surface area contributed by atoms with Crippen LogP contribution in [0.1, 0.15) is 40.0 Å². The molecule has 0 spiro atoms. The van der Waals surface area contributed by atoms with Crippen LogP contribution < -0.4 is 11.1 Å². The molecular formula is C25H38N4O7S2. The summed E-state index contributed by atoms with van der Waals surface area (Å²) in [7, 11) is -3.23. The van der Waals surface area contributed by atoms with Crippen molar-refractivity contribution in [1.29, 1.82) is 0 Å². The van der Waals surface area contributed by atoms with Gasteiger partial charge in [-0.25, -0.2) is 13.2 Å². The summed E-state index contributed by atoms with van der Waals surface area (Å²) in [6.07, 6.45) is 1.44. The lowest BCUT2D eigenvalue weighted by atomic mass is 9.73. The second-order valence-corrected chi connectivity index (χ2v) is 14.8. The summed E-state index contributed by atoms with van der Waals surface area (Å²) < 4.78 is 24.2. The summed E-state index contributed by atoms with van der Waals surface area (Å²) in [4.78, 5) is 53.7. The zero-order valence-corrected chi connectivity index (χ0v) is 23.7. The number of carbonyl (C=O) groups is 4. The Labute approximate surface area is 227 Å². The molecule has 0 aromatic heterocycles. The predicted octanol–water partition coefficient (Wildman–Crippen LogP) is 0.0602. The highest BCUT2D eigenvalue weighted by atomic mass is 32.2. The molecule has 212 valence electrons. The number of carboxylic acid groups (broad SMARTS) is 1. The fourth-order valence-electron chi connectivity index (χ4n) is 6.52. The Morgan fingerprint density at radius 1 is 1.29 bits per heavy atom. The SMILES string of the molecule is CC(=O)C[C@H](C)[C@H]1C(=O)N2C(C(=O)O)=C(S[C@@H]3CN[C@H](C(=O)N4CC[C@H](CS(=O)(=O)CCN)C4)C3)[C@H](C)[C@H]12. The van der Waals surface area contributed by atoms with E-state index in [1.54, 1.807) is 4.90 Å². The van der Waals surface area contributed by atoms with Gasteiger partial charge in [-0.1, -0.05) is 13.8 Å². The second-order valence-electron chi connectivity index (χ2n) is 11.2. The molecule has 11 nitrogen and oxygen atoms in total. The number of amides is 2. The first-order chi connectivity index (χ1) is 17.8. The van der Waals surface area contributed by atoms with Gasteiger partial charge in [0.05, 0.1) is 29.5 Å². The van der Waals surface area contributed by atoms with Crippen LogP contribution in [0.4, 0.5) is 0 Å². The maximum Gasteiger partial charge on any atom is 0.353 e. The zero-order chi connectivity index (χ0) is 27.9. The normalized spacial score (nSPS) is 31.9. The van der Waals surface area contributed by atoms with E-state index in [9.17, 15) is 32.7 Å². The molecule has 4 heterocycles. The number of nitrogens with one attached hydrogen (secondary N) is 1. The highest BCUT2D eigenvalue weighted by Gasteiger charge is 2.60. The van der Waals surface area contributed by atoms with E-state index in [2.05, 4.69) is 5.32 Å². The Hall–Kier alpha value is -1.96. The van der Waals surface area contributed by atoms with Crippen LogP contribution in [0.3, 0.4) is 0 Å². The minimum atomic E-state index is -3.23. The number of Topliss-reactive ketones (excluding diaryl/α,β-unsaturated/α-hetero) is 1. The van der Waals surface area contributed by atoms with E-state index in [0.29, 0.717) is 37.4 Å². The third-order valence-corrected chi connectivity index (χ3v) is 11.6. The topological polar surface area (TPSA) is 167 Å². The molecule has 4 rings (SSSR count). The molecule has 0 aromatic carbocycles. The molecule has 38 heavy (non-hydrogen) atoms. The van der Waals surface area contributed by atoms with Gasteiger partial charge in [0.2, 0.25) is 11.8 Å². The molecule has 0 aromatic rings. The molecule has 13 heteroatoms. The van der Waals surface area contributed by atoms with Crippen molar-refractivity contribution in [3.8, 4) is 0 Å². The Morgan fingerprint density at radius 3 is 2.63 bits per heavy atom. The van der Waals surface area contributed by atoms with Crippen molar-refractivity contribution >= 4 is 45.2 Å². The minimum absolute atomic E-state index is 0.00432. The van der Waals surface area contributed by atoms with Gasteiger partial charge in [-0.05, 0) is 31.6 Å². The number of hydrogen-bond acceptors (Lipinski definition) is 9. The Kier molecular flexibility index (Phi) is 8.61. The Balaban J connectivity index is 1.37. The molecule has 0 aliphatic carbocycles. The van der Waals surface area contributed by atoms with Crippen LogP contribution in [-0.4, -0.2) is 102 Å². The number of β-lactam (4-membered cyclic amide) rings is 1. The molecule has 3 fully saturated rings. The highest BCUT2D eigenvalue weighted by Crippen LogP contribution is 2.53. The van der Waals surface area contributed by atoms with E-state index in [1.165, 1.54) is 23.6 Å². The van der Waals surface area contributed by atoms with Crippen LogP contribution in [0.25, 0.3) is 0 Å². The third-order valence-electron chi connectivity index (χ3n) is 8.21. The van der Waals surface area contributed by atoms with Crippen LogP contribution >= 0.6 is 11.8 Å². The van der Waals surface area contributed by atoms with Gasteiger partial charge in [0, 0.05) is 48.7 Å². The molecule has 0 radical (unpaired) electrons. The van der Waals surface area contributed by atoms with E-state index in [0.717, 1.165) is 0 Å². The number of nitrogens with zero attached hydrogens (tertiary/aromatic N) is 2. The van der Waals surface area contributed by atoms with Crippen LogP contribution in [0, 0.1) is 23.7 Å². The van der Waals surface area contributed by atoms with Gasteiger partial charge in [-0.2, -0.15) is 0 Å². The smallest absolute Gasteiger partial charge is 0.353 e. The Morgan fingerprint density at radius 2 is 2.00 bits per heavy atom. The van der Waals surface area contributed by atoms with E-state index < -0.39 is 21.8 Å². The number of ketones is 1. The standard InChI is InChI=1S/C25H38N4O7S2/c1-13(8-14(2)30)19-20-15(3)22(21(25(33)34)29(20)24(19)32)37-17-9-18(27-10-17)23(31)28-6-4-16(11-28)12-38(35,36)7-5-26/h13,15-20,27H,4-12,26H2,1-3H3,(H,33,34)/t13-,15+,16-,17-,18-,19+,20+/m0/s1. The lowest BCUT2D eigenvalue weighted by molar-refractivity contribution is -0.160. The average molecular weight is 571 g/mol. The fraction of sp³-hybridized carbons (Fsp3) is 0.760. The number of fused-ring (bicyclic) bond motifs is 1. The van der Waals surface area contributed by atoms with Gasteiger partial charge in [0.1, 0.15) is 11.5 Å². The van der Waals surface area contributed by atoms with Crippen molar-refractivity contribution in [3.05, 3.63) is 10.6 Å². The first kappa shape index (κ1) is 29.0. The molecule has 0 bridgehead atoms. The first-order valence-electron chi connectivity index (χ1n) is 13.2. The summed E-state index contributed by atoms with van der Waals surface area (Å²) in [6, 6.07) is -0.686. The van der Waals surface area contributed by atoms with Gasteiger partial charge < -0.3 is 30.8 Å². The fourth-order valence-corrected chi connectivity index (χ4v) is 9.51. The first-order valence-corrected chi connectivity index (χ1v) is 15.9. The van der Waals surface area contributed by atoms with Gasteiger partial charge >= 0.3 is 5.97 Å². The number of carbonyl (C=O) groups excluding carboxylic acids is 3. The van der Waals surface area contributed by atoms with Crippen LogP contribution in [0.2, 0.25) is 0 Å². The monoisotopic (exact) mass is 570 g/mol. The molecular weight excluding hydrogens is 532 g/mol. The molecule has 3 saturated heterocycles. The number of aliphatic carboxylic acids is 1. The summed E-state index contributed by atoms with van der Waals surface area (Å²) in [5, 5.41) is 13.2. The van der Waals surface area contributed by atoms with E-state index in [1.807, 2.05) is 13.8 Å². The lowest BCUT2D eigenvalue weighted by Gasteiger charge is -2.47. The number of sulfone groups is 1. The van der Waals surface area contributed by atoms with Gasteiger partial charge in [-0.15, -0.1) is 11.8 Å². The quantitative estimate of drug-likeness (QED) is 0.289. The molecule has 4 aliphatic heterocycles. The molecule has 0 saturated carbocycles. The summed E-state index contributed by atoms with van der Waals surface area (Å²) >= 11 is 1.43. The second kappa shape index (κ2) is 11.3. The van der Waals surface area contributed by atoms with Gasteiger partial charge in [-0.3, -0.25) is 9.59 Å². The summed E-state index contributed by atoms with van der Waals surface area (Å²) in [5.74, 6) is -2.25. The third kappa shape index (κ3) is 5.66. The number of hydrogen-bond donors (Lipinski definition) is 3. The number of thioether (sulfide) groups is 1. The van der Waals surface area contributed by atoms with E-state index >= 15 is 0 Å². The maximum atomic E-state index is 13.2. The van der Waals surface area contributed by atoms with Crippen LogP contribution in [0.5, 0.6) is 0 Å². The van der Waals surface area contributed by atoms with E-state index in [4.69, 9.17) is 5.73 Å². The van der Waals surface area contributed by atoms with Crippen molar-refractivity contribution in [2.45, 2.75) is 57.4 Å². The average Bonchev–Trinajstić information content (AvgIpc) is 3.51. The number of carboxylic acids is 1. The van der Waals surface area contributed by atoms with E-state index in [-0.39, 0.29) is 82.7 Å². The largest absolute Gasteiger partial charge is 0.477 e. The van der Waals surface area contributed by atoms with Crippen LogP contribution in [-0.2, 0) is 29.0 Å². The Bertz CT molecular complexity index is 1140. The van der Waals surface area contributed by atoms with Crippen molar-refractivity contribution in [2.24, 2.45) is 29.4 Å². The number of likely N-dealkylation sites (tertiary alicyclic amines) is 1. The summed E-state index contributed by atoms with van der Waals surface area (Å²) in [6.45, 7) is 6.83. The molecule has 2 amide bonds. The summed E-state index contributed by atoms with van der Waals surface area (Å²) in [5.41, 5.74) is 5.42. The van der Waals surface area contributed by atoms with Crippen LogP contribution in [0.15, 0.2) is 10.6 Å². The van der Waals surface area contributed by atoms with Crippen molar-refractivity contribution in [3.63, 3.8) is 0 Å². The van der Waals surface area contributed by atoms with Crippen molar-refractivity contribution in [2.75, 3.05) is 37.7 Å². The molecule has 4 aliphatic rings. The molecule has 0 unspecified atom stereocenters. The lowest BCUT2D eigenvalue weighted by Crippen LogP contribution is -2.62. The van der Waals surface area contributed by atoms with Crippen molar-refractivity contribution < 1.29 is 32.7 Å². The number of rotatable bonds is 11. The van der Waals surface area contributed by atoms with Crippen molar-refractivity contribution in [1.82, 2.24) is 15.1 Å². The highest BCUT2D eigenvalue weighted by molar-refractivity contribution is 8.03. The molecule has 4 N–H and O–H groups in total. The zero-order valence-electron chi connectivity index (χ0n) is 22.1. The van der Waals surface area contributed by atoms with Gasteiger partial charge in [0.25, 0.3) is 0 Å². The van der Waals surface area contributed by atoms with Gasteiger partial charge in [0.15, 0.2) is 9.84 Å².